The molecule has 1 aromatic carbocycles. The molecule has 0 saturated carbocycles. The second kappa shape index (κ2) is 6.13. The van der Waals surface area contributed by atoms with E-state index in [0.717, 1.165) is 15.8 Å². The summed E-state index contributed by atoms with van der Waals surface area (Å²) in [6.45, 7) is 1.34. The minimum atomic E-state index is 0.136. The van der Waals surface area contributed by atoms with Crippen molar-refractivity contribution in [3.05, 3.63) is 40.8 Å². The average Bonchev–Trinajstić information content (AvgIpc) is 2.78. The van der Waals surface area contributed by atoms with Gasteiger partial charge in [-0.2, -0.15) is 0 Å². The predicted octanol–water partition coefficient (Wildman–Crippen LogP) is 2.53. The molecule has 1 N–H and O–H groups in total. The van der Waals surface area contributed by atoms with Gasteiger partial charge in [0.05, 0.1) is 19.3 Å². The lowest BCUT2D eigenvalue weighted by atomic mass is 10.2. The third-order valence-corrected chi connectivity index (χ3v) is 3.10. The Kier molecular flexibility index (Phi) is 4.52. The molecule has 0 bridgehead atoms. The highest BCUT2D eigenvalue weighted by atomic mass is 79.9. The van der Waals surface area contributed by atoms with E-state index in [0.29, 0.717) is 19.0 Å². The molecule has 0 spiro atoms. The molecular formula is C13H15BrN2O2. The van der Waals surface area contributed by atoms with E-state index in [1.165, 1.54) is 0 Å². The van der Waals surface area contributed by atoms with Crippen LogP contribution in [0.4, 0.5) is 0 Å². The van der Waals surface area contributed by atoms with E-state index < -0.39 is 0 Å². The van der Waals surface area contributed by atoms with Crippen LogP contribution in [0.2, 0.25) is 0 Å². The maximum absolute atomic E-state index is 8.83. The Labute approximate surface area is 114 Å². The summed E-state index contributed by atoms with van der Waals surface area (Å²) in [5, 5.41) is 8.83. The summed E-state index contributed by atoms with van der Waals surface area (Å²) >= 11 is 3.40. The fraction of sp³-hybridized carbons (Fsp3) is 0.308. The van der Waals surface area contributed by atoms with Crippen LogP contribution in [-0.4, -0.2) is 35.2 Å². The number of nitrogens with zero attached hydrogens (tertiary/aromatic N) is 2. The van der Waals surface area contributed by atoms with Gasteiger partial charge in [-0.1, -0.05) is 28.1 Å². The van der Waals surface area contributed by atoms with Crippen molar-refractivity contribution >= 4 is 15.9 Å². The van der Waals surface area contributed by atoms with Crippen molar-refractivity contribution in [1.82, 2.24) is 9.88 Å². The van der Waals surface area contributed by atoms with Gasteiger partial charge in [0.1, 0.15) is 0 Å². The number of halogens is 1. The van der Waals surface area contributed by atoms with Crippen LogP contribution in [0.1, 0.15) is 5.89 Å². The van der Waals surface area contributed by atoms with E-state index in [-0.39, 0.29) is 6.61 Å². The van der Waals surface area contributed by atoms with Gasteiger partial charge in [0, 0.05) is 16.6 Å². The molecule has 1 heterocycles. The van der Waals surface area contributed by atoms with Gasteiger partial charge in [0.2, 0.25) is 5.89 Å². The average molecular weight is 311 g/mol. The molecule has 0 aliphatic carbocycles. The highest BCUT2D eigenvalue weighted by Crippen LogP contribution is 2.22. The van der Waals surface area contributed by atoms with Crippen LogP contribution in [0.15, 0.2) is 39.4 Å². The Morgan fingerprint density at radius 1 is 1.33 bits per heavy atom. The molecule has 0 saturated heterocycles. The summed E-state index contributed by atoms with van der Waals surface area (Å²) in [5.74, 6) is 1.42. The summed E-state index contributed by atoms with van der Waals surface area (Å²) < 4.78 is 6.71. The number of hydrogen-bond acceptors (Lipinski definition) is 4. The largest absolute Gasteiger partial charge is 0.439 e. The summed E-state index contributed by atoms with van der Waals surface area (Å²) in [6, 6.07) is 7.89. The van der Waals surface area contributed by atoms with Crippen LogP contribution >= 0.6 is 15.9 Å². The first-order valence-corrected chi connectivity index (χ1v) is 6.48. The number of aliphatic hydroxyl groups is 1. The maximum Gasteiger partial charge on any atom is 0.209 e. The van der Waals surface area contributed by atoms with Crippen LogP contribution in [0.25, 0.3) is 11.3 Å². The van der Waals surface area contributed by atoms with Gasteiger partial charge < -0.3 is 9.52 Å². The van der Waals surface area contributed by atoms with Gasteiger partial charge in [-0.25, -0.2) is 4.98 Å². The van der Waals surface area contributed by atoms with Gasteiger partial charge >= 0.3 is 0 Å². The highest BCUT2D eigenvalue weighted by molar-refractivity contribution is 9.10. The van der Waals surface area contributed by atoms with Crippen molar-refractivity contribution in [2.24, 2.45) is 0 Å². The molecule has 0 aliphatic heterocycles. The van der Waals surface area contributed by atoms with E-state index in [1.54, 1.807) is 6.20 Å². The van der Waals surface area contributed by atoms with Crippen molar-refractivity contribution in [3.8, 4) is 11.3 Å². The van der Waals surface area contributed by atoms with Gasteiger partial charge in [-0.05, 0) is 19.2 Å². The Morgan fingerprint density at radius 3 is 2.72 bits per heavy atom. The van der Waals surface area contributed by atoms with Crippen LogP contribution in [-0.2, 0) is 6.54 Å². The fourth-order valence-corrected chi connectivity index (χ4v) is 1.88. The third kappa shape index (κ3) is 3.41. The molecule has 5 heteroatoms. The van der Waals surface area contributed by atoms with E-state index in [9.17, 15) is 0 Å². The van der Waals surface area contributed by atoms with Gasteiger partial charge in [-0.3, -0.25) is 4.90 Å². The van der Waals surface area contributed by atoms with Crippen LogP contribution in [0, 0.1) is 0 Å². The third-order valence-electron chi connectivity index (χ3n) is 2.57. The SMILES string of the molecule is CN(CCO)Cc1ncc(-c2ccc(Br)cc2)o1. The van der Waals surface area contributed by atoms with E-state index >= 15 is 0 Å². The molecule has 1 aromatic heterocycles. The molecule has 2 aromatic rings. The van der Waals surface area contributed by atoms with Crippen LogP contribution in [0.3, 0.4) is 0 Å². The lowest BCUT2D eigenvalue weighted by molar-refractivity contribution is 0.206. The molecule has 96 valence electrons. The summed E-state index contributed by atoms with van der Waals surface area (Å²) in [4.78, 5) is 6.19. The normalized spacial score (nSPS) is 11.1. The zero-order valence-electron chi connectivity index (χ0n) is 10.1. The number of rotatable bonds is 5. The Hall–Kier alpha value is -1.17. The second-order valence-electron chi connectivity index (χ2n) is 4.09. The molecule has 0 fully saturated rings. The molecule has 0 atom stereocenters. The molecule has 0 radical (unpaired) electrons. The number of likely N-dealkylation sites (N-methyl/N-ethyl adjacent to an activating group) is 1. The summed E-state index contributed by atoms with van der Waals surface area (Å²) in [6.07, 6.45) is 1.73. The Balaban J connectivity index is 2.08. The zero-order valence-corrected chi connectivity index (χ0v) is 11.7. The Morgan fingerprint density at radius 2 is 2.06 bits per heavy atom. The molecular weight excluding hydrogens is 296 g/mol. The number of aliphatic hydroxyl groups excluding tert-OH is 1. The van der Waals surface area contributed by atoms with E-state index in [2.05, 4.69) is 20.9 Å². The predicted molar refractivity (Wildman–Crippen MR) is 73.1 cm³/mol. The van der Waals surface area contributed by atoms with Gasteiger partial charge in [0.25, 0.3) is 0 Å². The standard InChI is InChI=1S/C13H15BrN2O2/c1-16(6-7-17)9-13-15-8-12(18-13)10-2-4-11(14)5-3-10/h2-5,8,17H,6-7,9H2,1H3. The zero-order chi connectivity index (χ0) is 13.0. The van der Waals surface area contributed by atoms with Crippen LogP contribution < -0.4 is 0 Å². The van der Waals surface area contributed by atoms with Crippen molar-refractivity contribution in [3.63, 3.8) is 0 Å². The smallest absolute Gasteiger partial charge is 0.209 e. The minimum absolute atomic E-state index is 0.136. The molecule has 4 nitrogen and oxygen atoms in total. The van der Waals surface area contributed by atoms with Gasteiger partial charge in [0.15, 0.2) is 5.76 Å². The number of aromatic nitrogens is 1. The van der Waals surface area contributed by atoms with Crippen molar-refractivity contribution < 1.29 is 9.52 Å². The first-order valence-electron chi connectivity index (χ1n) is 5.69. The maximum atomic E-state index is 8.83. The Bertz CT molecular complexity index is 496. The van der Waals surface area contributed by atoms with Crippen molar-refractivity contribution in [2.45, 2.75) is 6.54 Å². The van der Waals surface area contributed by atoms with Crippen molar-refractivity contribution in [2.75, 3.05) is 20.2 Å². The van der Waals surface area contributed by atoms with Crippen LogP contribution in [0.5, 0.6) is 0 Å². The first kappa shape index (κ1) is 13.3. The highest BCUT2D eigenvalue weighted by Gasteiger charge is 2.08. The fourth-order valence-electron chi connectivity index (χ4n) is 1.61. The van der Waals surface area contributed by atoms with E-state index in [1.807, 2.05) is 36.2 Å². The molecule has 0 aliphatic rings. The molecule has 18 heavy (non-hydrogen) atoms. The number of oxazole rings is 1. The van der Waals surface area contributed by atoms with Gasteiger partial charge in [-0.15, -0.1) is 0 Å². The van der Waals surface area contributed by atoms with Crippen molar-refractivity contribution in [1.29, 1.82) is 0 Å². The summed E-state index contributed by atoms with van der Waals surface area (Å²) in [5.41, 5.74) is 1.00. The lowest BCUT2D eigenvalue weighted by Crippen LogP contribution is -2.21. The summed E-state index contributed by atoms with van der Waals surface area (Å²) in [7, 11) is 1.92. The molecule has 2 rings (SSSR count). The minimum Gasteiger partial charge on any atom is -0.439 e. The molecule has 0 amide bonds. The quantitative estimate of drug-likeness (QED) is 0.922. The lowest BCUT2D eigenvalue weighted by Gasteiger charge is -2.11. The van der Waals surface area contributed by atoms with E-state index in [4.69, 9.17) is 9.52 Å². The number of hydrogen-bond donors (Lipinski definition) is 1. The number of benzene rings is 1. The topological polar surface area (TPSA) is 49.5 Å². The molecule has 0 unspecified atom stereocenters. The second-order valence-corrected chi connectivity index (χ2v) is 5.00. The monoisotopic (exact) mass is 310 g/mol. The first-order chi connectivity index (χ1) is 8.69.